The number of hydrogen-bond donors (Lipinski definition) is 3. The first-order valence-electron chi connectivity index (χ1n) is 12.8. The normalized spacial score (nSPS) is 17.1. The van der Waals surface area contributed by atoms with Gasteiger partial charge in [-0.1, -0.05) is 35.9 Å². The molecule has 2 atom stereocenters. The molecule has 6 nitrogen and oxygen atoms in total. The topological polar surface area (TPSA) is 85.6 Å². The molecule has 188 valence electrons. The minimum Gasteiger partial charge on any atom is -0.486 e. The smallest absolute Gasteiger partial charge is 0.237 e. The fraction of sp³-hybridized carbons (Fsp3) is 0.367. The molecule has 2 unspecified atom stereocenters. The highest BCUT2D eigenvalue weighted by Crippen LogP contribution is 2.34. The van der Waals surface area contributed by atoms with Crippen molar-refractivity contribution < 1.29 is 14.3 Å². The van der Waals surface area contributed by atoms with Gasteiger partial charge in [0, 0.05) is 12.2 Å². The summed E-state index contributed by atoms with van der Waals surface area (Å²) in [6.07, 6.45) is 2.13. The average molecular weight is 486 g/mol. The molecule has 3 aromatic rings. The lowest BCUT2D eigenvalue weighted by Gasteiger charge is -2.29. The van der Waals surface area contributed by atoms with E-state index in [2.05, 4.69) is 73.9 Å². The van der Waals surface area contributed by atoms with Crippen molar-refractivity contribution in [3.05, 3.63) is 87.5 Å². The number of rotatable bonds is 6. The van der Waals surface area contributed by atoms with Gasteiger partial charge in [0.15, 0.2) is 11.5 Å². The summed E-state index contributed by atoms with van der Waals surface area (Å²) in [6.45, 7) is 8.25. The Hall–Kier alpha value is -3.51. The van der Waals surface area contributed by atoms with Gasteiger partial charge in [-0.25, -0.2) is 0 Å². The molecule has 0 saturated carbocycles. The Morgan fingerprint density at radius 2 is 1.69 bits per heavy atom. The van der Waals surface area contributed by atoms with Crippen LogP contribution in [0.5, 0.6) is 11.5 Å². The second kappa shape index (κ2) is 10.2. The number of nitrogens with two attached hydrogens (primary N) is 1. The third kappa shape index (κ3) is 5.19. The van der Waals surface area contributed by atoms with E-state index in [1.165, 1.54) is 22.3 Å². The summed E-state index contributed by atoms with van der Waals surface area (Å²) in [5, 5.41) is 6.70. The molecule has 6 heteroatoms. The Labute approximate surface area is 213 Å². The Balaban J connectivity index is 1.30. The zero-order valence-corrected chi connectivity index (χ0v) is 21.3. The van der Waals surface area contributed by atoms with E-state index in [4.69, 9.17) is 15.2 Å². The standard InChI is InChI=1S/C30H35N3O3/c1-18-12-19(2)23(20(3)13-18)17-25(31)30(34)33-27-8-9-32-26-6-4-21(15-24(26)27)14-22-5-7-28-29(16-22)36-11-10-35-28/h4-7,12-13,15-16,25,27,32H,8-11,14,17,31H2,1-3H3,(H,33,34). The first-order valence-corrected chi connectivity index (χ1v) is 12.8. The number of amides is 1. The number of fused-ring (bicyclic) bond motifs is 2. The van der Waals surface area contributed by atoms with E-state index in [0.29, 0.717) is 19.6 Å². The van der Waals surface area contributed by atoms with Crippen LogP contribution in [0, 0.1) is 20.8 Å². The van der Waals surface area contributed by atoms with Crippen LogP contribution in [-0.4, -0.2) is 31.7 Å². The van der Waals surface area contributed by atoms with Crippen LogP contribution in [0.4, 0.5) is 5.69 Å². The Morgan fingerprint density at radius 1 is 1.00 bits per heavy atom. The SMILES string of the molecule is Cc1cc(C)c(CC(N)C(=O)NC2CCNc3ccc(Cc4ccc5c(c4)OCCO5)cc32)c(C)c1. The predicted octanol–water partition coefficient (Wildman–Crippen LogP) is 4.52. The molecule has 2 heterocycles. The maximum Gasteiger partial charge on any atom is 0.237 e. The van der Waals surface area contributed by atoms with Crippen molar-refractivity contribution in [1.29, 1.82) is 0 Å². The van der Waals surface area contributed by atoms with Gasteiger partial charge in [-0.05, 0) is 91.6 Å². The van der Waals surface area contributed by atoms with Gasteiger partial charge in [0.05, 0.1) is 12.1 Å². The molecule has 0 bridgehead atoms. The lowest BCUT2D eigenvalue weighted by molar-refractivity contribution is -0.123. The average Bonchev–Trinajstić information content (AvgIpc) is 2.86. The molecule has 0 radical (unpaired) electrons. The highest BCUT2D eigenvalue weighted by Gasteiger charge is 2.25. The highest BCUT2D eigenvalue weighted by molar-refractivity contribution is 5.82. The van der Waals surface area contributed by atoms with E-state index in [0.717, 1.165) is 53.3 Å². The van der Waals surface area contributed by atoms with E-state index >= 15 is 0 Å². The van der Waals surface area contributed by atoms with Crippen molar-refractivity contribution in [3.8, 4) is 11.5 Å². The summed E-state index contributed by atoms with van der Waals surface area (Å²) >= 11 is 0. The number of benzene rings is 3. The second-order valence-electron chi connectivity index (χ2n) is 10.0. The van der Waals surface area contributed by atoms with Gasteiger partial charge in [0.25, 0.3) is 0 Å². The number of nitrogens with one attached hydrogen (secondary N) is 2. The van der Waals surface area contributed by atoms with Gasteiger partial charge in [-0.15, -0.1) is 0 Å². The van der Waals surface area contributed by atoms with Gasteiger partial charge >= 0.3 is 0 Å². The van der Waals surface area contributed by atoms with Crippen LogP contribution in [0.2, 0.25) is 0 Å². The third-order valence-corrected chi connectivity index (χ3v) is 7.17. The molecule has 0 spiro atoms. The summed E-state index contributed by atoms with van der Waals surface area (Å²) in [5.74, 6) is 1.50. The van der Waals surface area contributed by atoms with E-state index in [-0.39, 0.29) is 11.9 Å². The number of aryl methyl sites for hydroxylation is 3. The number of carbonyl (C=O) groups is 1. The van der Waals surface area contributed by atoms with Crippen LogP contribution in [0.1, 0.15) is 51.4 Å². The van der Waals surface area contributed by atoms with Crippen LogP contribution >= 0.6 is 0 Å². The Morgan fingerprint density at radius 3 is 2.47 bits per heavy atom. The van der Waals surface area contributed by atoms with Crippen LogP contribution in [0.25, 0.3) is 0 Å². The van der Waals surface area contributed by atoms with Gasteiger partial charge in [0.2, 0.25) is 5.91 Å². The van der Waals surface area contributed by atoms with Crippen LogP contribution in [-0.2, 0) is 17.6 Å². The number of hydrogen-bond acceptors (Lipinski definition) is 5. The fourth-order valence-electron chi connectivity index (χ4n) is 5.38. The Bertz CT molecular complexity index is 1260. The zero-order valence-electron chi connectivity index (χ0n) is 21.3. The van der Waals surface area contributed by atoms with Crippen LogP contribution < -0.4 is 25.8 Å². The van der Waals surface area contributed by atoms with Crippen molar-refractivity contribution in [3.63, 3.8) is 0 Å². The monoisotopic (exact) mass is 485 g/mol. The summed E-state index contributed by atoms with van der Waals surface area (Å²) in [7, 11) is 0. The zero-order chi connectivity index (χ0) is 25.2. The minimum atomic E-state index is -0.593. The molecular formula is C30H35N3O3. The maximum atomic E-state index is 13.1. The van der Waals surface area contributed by atoms with Crippen molar-refractivity contribution in [1.82, 2.24) is 5.32 Å². The van der Waals surface area contributed by atoms with E-state index in [1.54, 1.807) is 0 Å². The van der Waals surface area contributed by atoms with Crippen molar-refractivity contribution in [2.45, 2.75) is 52.1 Å². The largest absolute Gasteiger partial charge is 0.486 e. The highest BCUT2D eigenvalue weighted by atomic mass is 16.6. The van der Waals surface area contributed by atoms with Gasteiger partial charge in [0.1, 0.15) is 13.2 Å². The van der Waals surface area contributed by atoms with E-state index < -0.39 is 6.04 Å². The van der Waals surface area contributed by atoms with Gasteiger partial charge in [-0.2, -0.15) is 0 Å². The van der Waals surface area contributed by atoms with Gasteiger partial charge in [-0.3, -0.25) is 4.79 Å². The molecule has 3 aromatic carbocycles. The molecule has 5 rings (SSSR count). The van der Waals surface area contributed by atoms with Crippen molar-refractivity contribution >= 4 is 11.6 Å². The molecule has 0 aliphatic carbocycles. The summed E-state index contributed by atoms with van der Waals surface area (Å²) in [6, 6.07) is 16.2. The predicted molar refractivity (Wildman–Crippen MR) is 143 cm³/mol. The lowest BCUT2D eigenvalue weighted by atomic mass is 9.92. The first-order chi connectivity index (χ1) is 17.4. The third-order valence-electron chi connectivity index (χ3n) is 7.17. The molecule has 0 saturated heterocycles. The summed E-state index contributed by atoms with van der Waals surface area (Å²) in [4.78, 5) is 13.1. The minimum absolute atomic E-state index is 0.0692. The second-order valence-corrected chi connectivity index (χ2v) is 10.0. The summed E-state index contributed by atoms with van der Waals surface area (Å²) in [5.41, 5.74) is 15.7. The summed E-state index contributed by atoms with van der Waals surface area (Å²) < 4.78 is 11.4. The molecule has 2 aliphatic heterocycles. The molecule has 0 aromatic heterocycles. The van der Waals surface area contributed by atoms with Crippen LogP contribution in [0.15, 0.2) is 48.5 Å². The molecule has 1 amide bonds. The quantitative estimate of drug-likeness (QED) is 0.478. The van der Waals surface area contributed by atoms with E-state index in [1.807, 2.05) is 6.07 Å². The first kappa shape index (κ1) is 24.2. The van der Waals surface area contributed by atoms with Crippen LogP contribution in [0.3, 0.4) is 0 Å². The maximum absolute atomic E-state index is 13.1. The molecule has 36 heavy (non-hydrogen) atoms. The molecule has 2 aliphatic rings. The molecular weight excluding hydrogens is 450 g/mol. The van der Waals surface area contributed by atoms with E-state index in [9.17, 15) is 4.79 Å². The lowest BCUT2D eigenvalue weighted by Crippen LogP contribution is -2.44. The Kier molecular flexibility index (Phi) is 6.88. The molecule has 0 fully saturated rings. The number of ether oxygens (including phenoxy) is 2. The molecule has 4 N–H and O–H groups in total. The van der Waals surface area contributed by atoms with Crippen molar-refractivity contribution in [2.24, 2.45) is 5.73 Å². The van der Waals surface area contributed by atoms with Gasteiger partial charge < -0.3 is 25.8 Å². The number of carbonyl (C=O) groups excluding carboxylic acids is 1. The fourth-order valence-corrected chi connectivity index (χ4v) is 5.38. The van der Waals surface area contributed by atoms with Crippen molar-refractivity contribution in [2.75, 3.05) is 25.1 Å². The number of anilines is 1.